The molecule has 3 aromatic rings. The Balaban J connectivity index is 1.59. The van der Waals surface area contributed by atoms with Crippen LogP contribution >= 0.6 is 11.3 Å². The summed E-state index contributed by atoms with van der Waals surface area (Å²) in [6.07, 6.45) is 3.80. The number of nitrogens with two attached hydrogens (primary N) is 1. The first-order chi connectivity index (χ1) is 14.2. The lowest BCUT2D eigenvalue weighted by Gasteiger charge is -2.39. The molecule has 3 aliphatic rings. The Hall–Kier alpha value is -3.12. The maximum Gasteiger partial charge on any atom is 0.277 e. The molecule has 0 fully saturated rings. The van der Waals surface area contributed by atoms with Gasteiger partial charge in [0.15, 0.2) is 5.88 Å². The van der Waals surface area contributed by atoms with Crippen molar-refractivity contribution in [3.8, 4) is 0 Å². The van der Waals surface area contributed by atoms with E-state index >= 15 is 0 Å². The lowest BCUT2D eigenvalue weighted by atomic mass is 9.74. The zero-order valence-electron chi connectivity index (χ0n) is 15.7. The largest absolute Gasteiger partial charge is 0.453 e. The van der Waals surface area contributed by atoms with E-state index < -0.39 is 5.60 Å². The predicted octanol–water partition coefficient (Wildman–Crippen LogP) is 4.67. The standard InChI is InChI=1S/C23H19N3O2S/c24-20-19(21-25-17-11-5-6-12-18(17)29-21)13-7-1-2-8-14(13)23(28-20)15-9-3-4-10-16(15)26-22(23)27/h3-6,9-12H,1-2,7-8,24H2,(H,26,27)/t23-/m0/s1. The Kier molecular flexibility index (Phi) is 3.44. The van der Waals surface area contributed by atoms with Crippen molar-refractivity contribution in [2.24, 2.45) is 5.73 Å². The molecule has 6 rings (SSSR count). The van der Waals surface area contributed by atoms with E-state index in [1.54, 1.807) is 11.3 Å². The van der Waals surface area contributed by atoms with Gasteiger partial charge in [-0.05, 0) is 55.0 Å². The molecule has 0 saturated carbocycles. The third-order valence-corrected chi connectivity index (χ3v) is 7.14. The summed E-state index contributed by atoms with van der Waals surface area (Å²) in [6.45, 7) is 0. The van der Waals surface area contributed by atoms with E-state index in [1.165, 1.54) is 0 Å². The number of hydrogen-bond acceptors (Lipinski definition) is 5. The molecule has 1 atom stereocenters. The molecular weight excluding hydrogens is 382 g/mol. The van der Waals surface area contributed by atoms with Crippen molar-refractivity contribution in [2.75, 3.05) is 5.32 Å². The summed E-state index contributed by atoms with van der Waals surface area (Å²) in [6, 6.07) is 15.8. The number of fused-ring (bicyclic) bond motifs is 4. The van der Waals surface area contributed by atoms with Crippen molar-refractivity contribution in [1.29, 1.82) is 0 Å². The number of aromatic nitrogens is 1. The number of carbonyl (C=O) groups is 1. The molecule has 29 heavy (non-hydrogen) atoms. The van der Waals surface area contributed by atoms with Crippen molar-refractivity contribution < 1.29 is 9.53 Å². The van der Waals surface area contributed by atoms with Crippen LogP contribution in [0.15, 0.2) is 65.6 Å². The topological polar surface area (TPSA) is 77.2 Å². The Morgan fingerprint density at radius 2 is 1.86 bits per heavy atom. The minimum Gasteiger partial charge on any atom is -0.453 e. The van der Waals surface area contributed by atoms with Crippen molar-refractivity contribution >= 4 is 38.7 Å². The molecule has 3 heterocycles. The highest BCUT2D eigenvalue weighted by Crippen LogP contribution is 2.54. The number of amides is 1. The molecule has 1 spiro atoms. The van der Waals surface area contributed by atoms with Gasteiger partial charge in [0.1, 0.15) is 5.01 Å². The van der Waals surface area contributed by atoms with Gasteiger partial charge in [-0.15, -0.1) is 11.3 Å². The van der Waals surface area contributed by atoms with Crippen LogP contribution in [-0.4, -0.2) is 10.9 Å². The Morgan fingerprint density at radius 3 is 2.76 bits per heavy atom. The highest BCUT2D eigenvalue weighted by Gasteiger charge is 2.56. The molecule has 1 amide bonds. The van der Waals surface area contributed by atoms with Gasteiger partial charge in [0.2, 0.25) is 5.60 Å². The van der Waals surface area contributed by atoms with Crippen LogP contribution < -0.4 is 11.1 Å². The predicted molar refractivity (Wildman–Crippen MR) is 114 cm³/mol. The average molecular weight is 401 g/mol. The monoisotopic (exact) mass is 401 g/mol. The van der Waals surface area contributed by atoms with E-state index in [4.69, 9.17) is 15.5 Å². The summed E-state index contributed by atoms with van der Waals surface area (Å²) < 4.78 is 7.48. The first kappa shape index (κ1) is 16.8. The van der Waals surface area contributed by atoms with E-state index in [9.17, 15) is 4.79 Å². The van der Waals surface area contributed by atoms with Crippen LogP contribution in [-0.2, 0) is 15.1 Å². The average Bonchev–Trinajstić information content (AvgIpc) is 3.28. The van der Waals surface area contributed by atoms with Crippen molar-refractivity contribution in [2.45, 2.75) is 31.3 Å². The number of carbonyl (C=O) groups excluding carboxylic acids is 1. The second-order valence-corrected chi connectivity index (χ2v) is 8.70. The van der Waals surface area contributed by atoms with Crippen LogP contribution in [0.2, 0.25) is 0 Å². The molecule has 3 N–H and O–H groups in total. The molecule has 5 nitrogen and oxygen atoms in total. The number of nitrogens with zero attached hydrogens (tertiary/aromatic N) is 1. The summed E-state index contributed by atoms with van der Waals surface area (Å²) in [7, 11) is 0. The zero-order chi connectivity index (χ0) is 19.6. The molecule has 0 saturated heterocycles. The number of para-hydroxylation sites is 2. The number of rotatable bonds is 1. The number of ether oxygens (including phenoxy) is 1. The van der Waals surface area contributed by atoms with Crippen molar-refractivity contribution in [1.82, 2.24) is 4.98 Å². The molecule has 0 radical (unpaired) electrons. The SMILES string of the molecule is NC1=C(c2nc3ccccc3s2)C2=C(CCCC2)[C@@]2(O1)C(=O)Nc1ccccc12. The molecule has 1 aliphatic carbocycles. The van der Waals surface area contributed by atoms with Crippen LogP contribution in [0.3, 0.4) is 0 Å². The van der Waals surface area contributed by atoms with Crippen LogP contribution in [0.1, 0.15) is 36.3 Å². The van der Waals surface area contributed by atoms with Gasteiger partial charge in [0, 0.05) is 11.3 Å². The minimum absolute atomic E-state index is 0.153. The minimum atomic E-state index is -1.16. The van der Waals surface area contributed by atoms with Gasteiger partial charge in [-0.3, -0.25) is 4.79 Å². The van der Waals surface area contributed by atoms with Crippen LogP contribution in [0, 0.1) is 0 Å². The van der Waals surface area contributed by atoms with Gasteiger partial charge in [-0.1, -0.05) is 30.3 Å². The van der Waals surface area contributed by atoms with E-state index in [1.807, 2.05) is 42.5 Å². The van der Waals surface area contributed by atoms with E-state index in [0.717, 1.165) is 68.9 Å². The fourth-order valence-electron chi connectivity index (χ4n) is 4.84. The van der Waals surface area contributed by atoms with Gasteiger partial charge in [0.25, 0.3) is 5.91 Å². The van der Waals surface area contributed by atoms with Crippen molar-refractivity contribution in [3.63, 3.8) is 0 Å². The lowest BCUT2D eigenvalue weighted by Crippen LogP contribution is -2.44. The second kappa shape index (κ2) is 5.94. The lowest BCUT2D eigenvalue weighted by molar-refractivity contribution is -0.132. The number of hydrogen-bond donors (Lipinski definition) is 2. The number of anilines is 1. The molecule has 2 aromatic carbocycles. The van der Waals surface area contributed by atoms with Gasteiger partial charge in [0.05, 0.1) is 15.8 Å². The molecule has 0 unspecified atom stereocenters. The summed E-state index contributed by atoms with van der Waals surface area (Å²) in [5.74, 6) is 0.135. The molecule has 144 valence electrons. The summed E-state index contributed by atoms with van der Waals surface area (Å²) in [5, 5.41) is 3.86. The second-order valence-electron chi connectivity index (χ2n) is 7.67. The zero-order valence-corrected chi connectivity index (χ0v) is 16.5. The first-order valence-electron chi connectivity index (χ1n) is 9.87. The van der Waals surface area contributed by atoms with Crippen LogP contribution in [0.25, 0.3) is 15.8 Å². The molecule has 1 aromatic heterocycles. The summed E-state index contributed by atoms with van der Waals surface area (Å²) in [5.41, 5.74) is 11.0. The number of benzene rings is 2. The number of nitrogens with one attached hydrogen (secondary N) is 1. The Labute approximate surface area is 171 Å². The van der Waals surface area contributed by atoms with Gasteiger partial charge < -0.3 is 15.8 Å². The number of allylic oxidation sites excluding steroid dienone is 2. The third kappa shape index (κ3) is 2.20. The molecular formula is C23H19N3O2S. The van der Waals surface area contributed by atoms with Gasteiger partial charge in [-0.25, -0.2) is 4.98 Å². The fourth-order valence-corrected chi connectivity index (χ4v) is 5.89. The molecule has 6 heteroatoms. The normalized spacial score (nSPS) is 23.2. The highest BCUT2D eigenvalue weighted by molar-refractivity contribution is 7.19. The number of thiazole rings is 1. The molecule has 0 bridgehead atoms. The smallest absolute Gasteiger partial charge is 0.277 e. The summed E-state index contributed by atoms with van der Waals surface area (Å²) >= 11 is 1.62. The summed E-state index contributed by atoms with van der Waals surface area (Å²) in [4.78, 5) is 18.1. The van der Waals surface area contributed by atoms with Gasteiger partial charge >= 0.3 is 0 Å². The maximum absolute atomic E-state index is 13.2. The van der Waals surface area contributed by atoms with Crippen LogP contribution in [0.5, 0.6) is 0 Å². The van der Waals surface area contributed by atoms with Gasteiger partial charge in [-0.2, -0.15) is 0 Å². The first-order valence-corrected chi connectivity index (χ1v) is 10.7. The maximum atomic E-state index is 13.2. The van der Waals surface area contributed by atoms with Crippen molar-refractivity contribution in [3.05, 3.63) is 76.1 Å². The third-order valence-electron chi connectivity index (χ3n) is 6.09. The quantitative estimate of drug-likeness (QED) is 0.621. The van der Waals surface area contributed by atoms with E-state index in [-0.39, 0.29) is 11.8 Å². The van der Waals surface area contributed by atoms with E-state index in [0.29, 0.717) is 0 Å². The van der Waals surface area contributed by atoms with E-state index in [2.05, 4.69) is 11.4 Å². The Morgan fingerprint density at radius 1 is 1.07 bits per heavy atom. The fraction of sp³-hybridized carbons (Fsp3) is 0.217. The Bertz CT molecular complexity index is 1220. The van der Waals surface area contributed by atoms with Crippen LogP contribution in [0.4, 0.5) is 5.69 Å². The molecule has 2 aliphatic heterocycles. The highest BCUT2D eigenvalue weighted by atomic mass is 32.1.